The lowest BCUT2D eigenvalue weighted by atomic mass is 10.1. The van der Waals surface area contributed by atoms with Crippen molar-refractivity contribution in [3.63, 3.8) is 0 Å². The second-order valence-electron chi connectivity index (χ2n) is 5.62. The van der Waals surface area contributed by atoms with Crippen LogP contribution in [0.15, 0.2) is 18.2 Å². The van der Waals surface area contributed by atoms with Crippen LogP contribution < -0.4 is 10.1 Å². The molecule has 25 heavy (non-hydrogen) atoms. The second kappa shape index (κ2) is 7.37. The summed E-state index contributed by atoms with van der Waals surface area (Å²) in [5.74, 6) is -0.103. The molecule has 0 saturated carbocycles. The minimum atomic E-state index is -0.555. The fourth-order valence-electron chi connectivity index (χ4n) is 2.82. The SMILES string of the molecule is COc1ccc(Cl)cc1C(=O)N1CCC[C@H]1C(=O)Nc1nnc(C)s1. The van der Waals surface area contributed by atoms with Crippen LogP contribution in [0.5, 0.6) is 5.75 Å². The smallest absolute Gasteiger partial charge is 0.258 e. The van der Waals surface area contributed by atoms with Gasteiger partial charge in [-0.2, -0.15) is 0 Å². The van der Waals surface area contributed by atoms with Gasteiger partial charge in [-0.05, 0) is 38.0 Å². The summed E-state index contributed by atoms with van der Waals surface area (Å²) >= 11 is 7.31. The van der Waals surface area contributed by atoms with Gasteiger partial charge in [0.05, 0.1) is 12.7 Å². The van der Waals surface area contributed by atoms with Crippen molar-refractivity contribution in [1.29, 1.82) is 0 Å². The minimum Gasteiger partial charge on any atom is -0.496 e. The first kappa shape index (κ1) is 17.6. The summed E-state index contributed by atoms with van der Waals surface area (Å²) < 4.78 is 5.25. The van der Waals surface area contributed by atoms with Gasteiger partial charge < -0.3 is 9.64 Å². The molecule has 0 unspecified atom stereocenters. The Morgan fingerprint density at radius 1 is 1.40 bits per heavy atom. The molecule has 132 valence electrons. The topological polar surface area (TPSA) is 84.4 Å². The molecule has 2 amide bonds. The average molecular weight is 381 g/mol. The Kier molecular flexibility index (Phi) is 5.19. The molecule has 1 aliphatic heterocycles. The number of likely N-dealkylation sites (tertiary alicyclic amines) is 1. The van der Waals surface area contributed by atoms with Gasteiger partial charge in [0.2, 0.25) is 11.0 Å². The van der Waals surface area contributed by atoms with Crippen LogP contribution >= 0.6 is 22.9 Å². The number of amides is 2. The number of nitrogens with one attached hydrogen (secondary N) is 1. The van der Waals surface area contributed by atoms with Crippen LogP contribution in [0.2, 0.25) is 5.02 Å². The Hall–Kier alpha value is -2.19. The molecular formula is C16H17ClN4O3S. The van der Waals surface area contributed by atoms with Gasteiger partial charge in [0.1, 0.15) is 16.8 Å². The second-order valence-corrected chi connectivity index (χ2v) is 7.23. The third-order valence-electron chi connectivity index (χ3n) is 3.96. The van der Waals surface area contributed by atoms with Crippen molar-refractivity contribution in [2.45, 2.75) is 25.8 Å². The summed E-state index contributed by atoms with van der Waals surface area (Å²) in [5.41, 5.74) is 0.349. The number of nitrogens with zero attached hydrogens (tertiary/aromatic N) is 3. The van der Waals surface area contributed by atoms with E-state index in [0.717, 1.165) is 11.4 Å². The van der Waals surface area contributed by atoms with Gasteiger partial charge in [0.15, 0.2) is 0 Å². The van der Waals surface area contributed by atoms with Gasteiger partial charge >= 0.3 is 0 Å². The molecule has 0 spiro atoms. The standard InChI is InChI=1S/C16H17ClN4O3S/c1-9-19-20-16(25-9)18-14(22)12-4-3-7-21(12)15(23)11-8-10(17)5-6-13(11)24-2/h5-6,8,12H,3-4,7H2,1-2H3,(H,18,20,22)/t12-/m0/s1. The molecule has 2 aromatic rings. The molecule has 1 aromatic carbocycles. The summed E-state index contributed by atoms with van der Waals surface area (Å²) in [5, 5.41) is 12.1. The number of aromatic nitrogens is 2. The van der Waals surface area contributed by atoms with Crippen molar-refractivity contribution < 1.29 is 14.3 Å². The van der Waals surface area contributed by atoms with Crippen LogP contribution in [0, 0.1) is 6.92 Å². The Bertz CT molecular complexity index is 810. The first-order valence-corrected chi connectivity index (χ1v) is 8.94. The lowest BCUT2D eigenvalue weighted by molar-refractivity contribution is -0.119. The third kappa shape index (κ3) is 3.74. The van der Waals surface area contributed by atoms with Gasteiger partial charge in [0, 0.05) is 11.6 Å². The Labute approximate surface area is 153 Å². The lowest BCUT2D eigenvalue weighted by Gasteiger charge is -2.24. The molecule has 1 atom stereocenters. The highest BCUT2D eigenvalue weighted by Crippen LogP contribution is 2.28. The number of methoxy groups -OCH3 is 1. The summed E-state index contributed by atoms with van der Waals surface area (Å²) in [6.07, 6.45) is 1.35. The van der Waals surface area contributed by atoms with E-state index in [1.54, 1.807) is 23.1 Å². The zero-order valence-corrected chi connectivity index (χ0v) is 15.4. The number of ether oxygens (including phenoxy) is 1. The highest BCUT2D eigenvalue weighted by atomic mass is 35.5. The van der Waals surface area contributed by atoms with Gasteiger partial charge in [-0.25, -0.2) is 0 Å². The summed E-state index contributed by atoms with van der Waals surface area (Å²) in [6, 6.07) is 4.30. The maximum absolute atomic E-state index is 12.9. The molecule has 0 bridgehead atoms. The number of halogens is 1. The van der Waals surface area contributed by atoms with Crippen LogP contribution in [0.3, 0.4) is 0 Å². The molecule has 7 nitrogen and oxygen atoms in total. The monoisotopic (exact) mass is 380 g/mol. The number of rotatable bonds is 4. The van der Waals surface area contributed by atoms with Gasteiger partial charge in [0.25, 0.3) is 5.91 Å². The first-order chi connectivity index (χ1) is 12.0. The van der Waals surface area contributed by atoms with E-state index >= 15 is 0 Å². The zero-order valence-electron chi connectivity index (χ0n) is 13.8. The quantitative estimate of drug-likeness (QED) is 0.881. The van der Waals surface area contributed by atoms with Crippen LogP contribution in [0.1, 0.15) is 28.2 Å². The van der Waals surface area contributed by atoms with E-state index in [-0.39, 0.29) is 11.8 Å². The Morgan fingerprint density at radius 3 is 2.88 bits per heavy atom. The van der Waals surface area contributed by atoms with E-state index in [2.05, 4.69) is 15.5 Å². The fraction of sp³-hybridized carbons (Fsp3) is 0.375. The van der Waals surface area contributed by atoms with Crippen LogP contribution in [-0.4, -0.2) is 46.6 Å². The molecule has 1 saturated heterocycles. The maximum atomic E-state index is 12.9. The van der Waals surface area contributed by atoms with Gasteiger partial charge in [-0.3, -0.25) is 14.9 Å². The predicted molar refractivity (Wildman–Crippen MR) is 95.3 cm³/mol. The highest BCUT2D eigenvalue weighted by Gasteiger charge is 2.36. The number of carbonyl (C=O) groups is 2. The van der Waals surface area contributed by atoms with Crippen molar-refractivity contribution in [3.8, 4) is 5.75 Å². The number of benzene rings is 1. The lowest BCUT2D eigenvalue weighted by Crippen LogP contribution is -2.43. The van der Waals surface area contributed by atoms with Crippen LogP contribution in [0.25, 0.3) is 0 Å². The number of hydrogen-bond acceptors (Lipinski definition) is 6. The van der Waals surface area contributed by atoms with Crippen LogP contribution in [-0.2, 0) is 4.79 Å². The number of anilines is 1. The Balaban J connectivity index is 1.80. The van der Waals surface area contributed by atoms with Gasteiger partial charge in [-0.15, -0.1) is 10.2 Å². The zero-order chi connectivity index (χ0) is 18.0. The number of hydrogen-bond donors (Lipinski definition) is 1. The average Bonchev–Trinajstić information content (AvgIpc) is 3.23. The molecule has 1 aliphatic rings. The van der Waals surface area contributed by atoms with Crippen molar-refractivity contribution in [2.24, 2.45) is 0 Å². The number of aryl methyl sites for hydroxylation is 1. The minimum absolute atomic E-state index is 0.261. The van der Waals surface area contributed by atoms with E-state index in [4.69, 9.17) is 16.3 Å². The van der Waals surface area contributed by atoms with E-state index in [1.165, 1.54) is 18.4 Å². The summed E-state index contributed by atoms with van der Waals surface area (Å²) in [4.78, 5) is 27.1. The van der Waals surface area contributed by atoms with E-state index in [9.17, 15) is 9.59 Å². The molecule has 2 heterocycles. The van der Waals surface area contributed by atoms with Crippen molar-refractivity contribution in [1.82, 2.24) is 15.1 Å². The van der Waals surface area contributed by atoms with Crippen molar-refractivity contribution in [3.05, 3.63) is 33.8 Å². The van der Waals surface area contributed by atoms with E-state index in [1.807, 2.05) is 6.92 Å². The summed E-state index contributed by atoms with van der Waals surface area (Å²) in [7, 11) is 1.49. The van der Waals surface area contributed by atoms with Crippen LogP contribution in [0.4, 0.5) is 5.13 Å². The molecule has 3 rings (SSSR count). The highest BCUT2D eigenvalue weighted by molar-refractivity contribution is 7.15. The van der Waals surface area contributed by atoms with Gasteiger partial charge in [-0.1, -0.05) is 22.9 Å². The normalized spacial score (nSPS) is 16.8. The molecule has 0 radical (unpaired) electrons. The molecule has 1 N–H and O–H groups in total. The Morgan fingerprint density at radius 2 is 2.20 bits per heavy atom. The van der Waals surface area contributed by atoms with E-state index < -0.39 is 6.04 Å². The molecule has 1 aromatic heterocycles. The number of carbonyl (C=O) groups excluding carboxylic acids is 2. The van der Waals surface area contributed by atoms with Crippen molar-refractivity contribution >= 4 is 39.9 Å². The van der Waals surface area contributed by atoms with Crippen molar-refractivity contribution in [2.75, 3.05) is 19.0 Å². The fourth-order valence-corrected chi connectivity index (χ4v) is 3.59. The molecule has 0 aliphatic carbocycles. The molecular weight excluding hydrogens is 364 g/mol. The van der Waals surface area contributed by atoms with E-state index in [0.29, 0.717) is 34.4 Å². The third-order valence-corrected chi connectivity index (χ3v) is 4.95. The summed E-state index contributed by atoms with van der Waals surface area (Å²) in [6.45, 7) is 2.31. The molecule has 1 fully saturated rings. The maximum Gasteiger partial charge on any atom is 0.258 e. The first-order valence-electron chi connectivity index (χ1n) is 7.75. The predicted octanol–water partition coefficient (Wildman–Crippen LogP) is 2.75. The molecule has 9 heteroatoms. The largest absolute Gasteiger partial charge is 0.496 e.